The minimum absolute atomic E-state index is 0.143. The van der Waals surface area contributed by atoms with Crippen LogP contribution in [0.25, 0.3) is 10.8 Å². The molecule has 4 nitrogen and oxygen atoms in total. The van der Waals surface area contributed by atoms with Crippen LogP contribution in [-0.4, -0.2) is 48.5 Å². The first-order chi connectivity index (χ1) is 10.3. The highest BCUT2D eigenvalue weighted by Gasteiger charge is 2.15. The summed E-state index contributed by atoms with van der Waals surface area (Å²) < 4.78 is 0. The molecule has 21 heavy (non-hydrogen) atoms. The average Bonchev–Trinajstić information content (AvgIpc) is 2.54. The van der Waals surface area contributed by atoms with Gasteiger partial charge in [0, 0.05) is 50.1 Å². The van der Waals surface area contributed by atoms with Crippen LogP contribution < -0.4 is 5.32 Å². The average molecular weight is 284 g/mol. The highest BCUT2D eigenvalue weighted by atomic mass is 16.3. The number of carbonyl (C=O) groups is 1. The highest BCUT2D eigenvalue weighted by Crippen LogP contribution is 2.28. The molecule has 3 rings (SSSR count). The molecular weight excluding hydrogens is 264 g/mol. The molecule has 1 aliphatic rings. The largest absolute Gasteiger partial charge is 0.507 e. The van der Waals surface area contributed by atoms with Gasteiger partial charge in [-0.3, -0.25) is 4.79 Å². The summed E-state index contributed by atoms with van der Waals surface area (Å²) >= 11 is 0. The Hall–Kier alpha value is -1.91. The number of nitrogens with zero attached hydrogens (tertiary/aromatic N) is 1. The van der Waals surface area contributed by atoms with Gasteiger partial charge >= 0.3 is 0 Å². The fourth-order valence-corrected chi connectivity index (χ4v) is 2.86. The van der Waals surface area contributed by atoms with Crippen molar-refractivity contribution in [3.8, 4) is 5.75 Å². The van der Waals surface area contributed by atoms with Crippen LogP contribution in [0.1, 0.15) is 16.8 Å². The first-order valence-corrected chi connectivity index (χ1v) is 7.43. The Morgan fingerprint density at radius 1 is 1.10 bits per heavy atom. The summed E-state index contributed by atoms with van der Waals surface area (Å²) in [4.78, 5) is 14.8. The number of carbonyl (C=O) groups excluding carboxylic acids is 1. The number of piperazine rings is 1. The minimum atomic E-state index is 0.143. The number of hydrogen-bond donors (Lipinski definition) is 2. The second-order valence-electron chi connectivity index (χ2n) is 5.44. The van der Waals surface area contributed by atoms with Crippen LogP contribution in [-0.2, 0) is 0 Å². The normalized spacial score (nSPS) is 16.2. The van der Waals surface area contributed by atoms with E-state index in [4.69, 9.17) is 0 Å². The van der Waals surface area contributed by atoms with Gasteiger partial charge in [0.2, 0.25) is 0 Å². The quantitative estimate of drug-likeness (QED) is 0.844. The zero-order chi connectivity index (χ0) is 14.7. The summed E-state index contributed by atoms with van der Waals surface area (Å²) in [7, 11) is 0. The summed E-state index contributed by atoms with van der Waals surface area (Å²) in [6, 6.07) is 10.9. The zero-order valence-corrected chi connectivity index (χ0v) is 12.0. The van der Waals surface area contributed by atoms with Crippen LogP contribution >= 0.6 is 0 Å². The Morgan fingerprint density at radius 3 is 2.57 bits per heavy atom. The Balaban J connectivity index is 1.77. The molecule has 0 bridgehead atoms. The third kappa shape index (κ3) is 3.06. The summed E-state index contributed by atoms with van der Waals surface area (Å²) in [5.74, 6) is 0.369. The first-order valence-electron chi connectivity index (χ1n) is 7.43. The van der Waals surface area contributed by atoms with Crippen LogP contribution in [0.5, 0.6) is 5.75 Å². The zero-order valence-electron chi connectivity index (χ0n) is 12.0. The Kier molecular flexibility index (Phi) is 4.18. The molecule has 4 heteroatoms. The molecule has 0 aromatic heterocycles. The lowest BCUT2D eigenvalue weighted by atomic mass is 9.99. The van der Waals surface area contributed by atoms with Gasteiger partial charge < -0.3 is 15.3 Å². The van der Waals surface area contributed by atoms with E-state index in [1.165, 1.54) is 0 Å². The van der Waals surface area contributed by atoms with Crippen LogP contribution in [0.4, 0.5) is 0 Å². The number of phenolic OH excluding ortho intramolecular Hbond substituents is 1. The topological polar surface area (TPSA) is 52.6 Å². The lowest BCUT2D eigenvalue weighted by Gasteiger charge is -2.26. The maximum Gasteiger partial charge on any atom is 0.164 e. The van der Waals surface area contributed by atoms with Crippen molar-refractivity contribution >= 4 is 16.6 Å². The molecule has 2 N–H and O–H groups in total. The molecule has 1 fully saturated rings. The molecule has 0 spiro atoms. The van der Waals surface area contributed by atoms with E-state index < -0.39 is 0 Å². The Morgan fingerprint density at radius 2 is 1.81 bits per heavy atom. The number of phenols is 1. The molecule has 2 aromatic carbocycles. The molecule has 0 amide bonds. The van der Waals surface area contributed by atoms with Crippen LogP contribution in [0.3, 0.4) is 0 Å². The summed E-state index contributed by atoms with van der Waals surface area (Å²) in [6.45, 7) is 4.80. The van der Waals surface area contributed by atoms with Gasteiger partial charge in [0.15, 0.2) is 5.78 Å². The van der Waals surface area contributed by atoms with Gasteiger partial charge in [0.05, 0.1) is 0 Å². The molecule has 0 saturated carbocycles. The van der Waals surface area contributed by atoms with Crippen molar-refractivity contribution in [1.82, 2.24) is 10.2 Å². The molecule has 1 aliphatic heterocycles. The van der Waals surface area contributed by atoms with Gasteiger partial charge in [0.1, 0.15) is 5.75 Å². The molecule has 0 radical (unpaired) electrons. The van der Waals surface area contributed by atoms with Gasteiger partial charge in [0.25, 0.3) is 0 Å². The fraction of sp³-hybridized carbons (Fsp3) is 0.353. The molecule has 2 aromatic rings. The second-order valence-corrected chi connectivity index (χ2v) is 5.44. The molecule has 0 aliphatic carbocycles. The van der Waals surface area contributed by atoms with Crippen molar-refractivity contribution in [2.24, 2.45) is 0 Å². The van der Waals surface area contributed by atoms with Gasteiger partial charge in [-0.05, 0) is 17.5 Å². The molecule has 0 unspecified atom stereocenters. The Bertz CT molecular complexity index is 648. The number of ketones is 1. The predicted octanol–water partition coefficient (Wildman–Crippen LogP) is 2.02. The van der Waals surface area contributed by atoms with E-state index in [1.807, 2.05) is 24.3 Å². The number of Topliss-reactive ketones (excluding diaryl/α,β-unsaturated/α-hetero) is 1. The summed E-state index contributed by atoms with van der Waals surface area (Å²) in [6.07, 6.45) is 0.523. The standard InChI is InChI=1S/C17H20N2O2/c20-16-6-5-15(13-3-1-2-4-14(13)16)17(21)7-10-19-11-8-18-9-12-19/h1-6,18,20H,7-12H2. The summed E-state index contributed by atoms with van der Waals surface area (Å²) in [5.41, 5.74) is 0.707. The smallest absolute Gasteiger partial charge is 0.164 e. The highest BCUT2D eigenvalue weighted by molar-refractivity contribution is 6.09. The van der Waals surface area contributed by atoms with E-state index in [0.29, 0.717) is 12.0 Å². The van der Waals surface area contributed by atoms with Crippen LogP contribution in [0.2, 0.25) is 0 Å². The van der Waals surface area contributed by atoms with E-state index in [0.717, 1.165) is 43.5 Å². The number of fused-ring (bicyclic) bond motifs is 1. The van der Waals surface area contributed by atoms with Crippen LogP contribution in [0, 0.1) is 0 Å². The molecule has 1 heterocycles. The third-order valence-corrected chi connectivity index (χ3v) is 4.07. The third-order valence-electron chi connectivity index (χ3n) is 4.07. The van der Waals surface area contributed by atoms with Crippen molar-refractivity contribution < 1.29 is 9.90 Å². The van der Waals surface area contributed by atoms with E-state index in [-0.39, 0.29) is 11.5 Å². The Labute approximate surface area is 124 Å². The lowest BCUT2D eigenvalue weighted by Crippen LogP contribution is -2.44. The number of rotatable bonds is 4. The maximum atomic E-state index is 12.5. The predicted molar refractivity (Wildman–Crippen MR) is 83.9 cm³/mol. The fourth-order valence-electron chi connectivity index (χ4n) is 2.86. The van der Waals surface area contributed by atoms with Gasteiger partial charge in [-0.1, -0.05) is 24.3 Å². The molecule has 1 saturated heterocycles. The van der Waals surface area contributed by atoms with E-state index in [9.17, 15) is 9.90 Å². The summed E-state index contributed by atoms with van der Waals surface area (Å²) in [5, 5.41) is 14.8. The number of nitrogens with one attached hydrogen (secondary N) is 1. The molecular formula is C17H20N2O2. The van der Waals surface area contributed by atoms with Crippen molar-refractivity contribution in [3.63, 3.8) is 0 Å². The van der Waals surface area contributed by atoms with Gasteiger partial charge in [-0.25, -0.2) is 0 Å². The van der Waals surface area contributed by atoms with Crippen molar-refractivity contribution in [1.29, 1.82) is 0 Å². The van der Waals surface area contributed by atoms with Gasteiger partial charge in [-0.15, -0.1) is 0 Å². The number of benzene rings is 2. The SMILES string of the molecule is O=C(CCN1CCNCC1)c1ccc(O)c2ccccc12. The molecule has 110 valence electrons. The maximum absolute atomic E-state index is 12.5. The number of aromatic hydroxyl groups is 1. The second kappa shape index (κ2) is 6.24. The van der Waals surface area contributed by atoms with Crippen molar-refractivity contribution in [3.05, 3.63) is 42.0 Å². The minimum Gasteiger partial charge on any atom is -0.507 e. The van der Waals surface area contributed by atoms with E-state index >= 15 is 0 Å². The van der Waals surface area contributed by atoms with Crippen molar-refractivity contribution in [2.75, 3.05) is 32.7 Å². The monoisotopic (exact) mass is 284 g/mol. The molecule has 0 atom stereocenters. The number of hydrogen-bond acceptors (Lipinski definition) is 4. The van der Waals surface area contributed by atoms with Crippen LogP contribution in [0.15, 0.2) is 36.4 Å². The van der Waals surface area contributed by atoms with E-state index in [1.54, 1.807) is 12.1 Å². The van der Waals surface area contributed by atoms with E-state index in [2.05, 4.69) is 10.2 Å². The van der Waals surface area contributed by atoms with Gasteiger partial charge in [-0.2, -0.15) is 0 Å². The lowest BCUT2D eigenvalue weighted by molar-refractivity contribution is 0.0962. The first kappa shape index (κ1) is 14.0. The van der Waals surface area contributed by atoms with Crippen molar-refractivity contribution in [2.45, 2.75) is 6.42 Å².